The Bertz CT molecular complexity index is 1920. The highest BCUT2D eigenvalue weighted by Crippen LogP contribution is 2.30. The molecule has 0 radical (unpaired) electrons. The van der Waals surface area contributed by atoms with E-state index in [9.17, 15) is 45.5 Å². The number of nitrogens with zero attached hydrogens (tertiary/aromatic N) is 6. The summed E-state index contributed by atoms with van der Waals surface area (Å²) in [6.45, 7) is 1.08. The Kier molecular flexibility index (Phi) is 10.8. The minimum absolute atomic E-state index is 0.0679. The summed E-state index contributed by atoms with van der Waals surface area (Å²) in [5.74, 6) is -5.96. The van der Waals surface area contributed by atoms with Crippen LogP contribution in [0.2, 0.25) is 5.02 Å². The number of fused-ring (bicyclic) bond motifs is 6. The molecule has 1 saturated heterocycles. The first-order chi connectivity index (χ1) is 24.1. The number of hydrogen-bond donors (Lipinski definition) is 4. The predicted octanol–water partition coefficient (Wildman–Crippen LogP) is 4.97. The second-order valence-electron chi connectivity index (χ2n) is 11.2. The molecule has 14 nitrogen and oxygen atoms in total. The molecule has 3 aromatic heterocycles. The quantitative estimate of drug-likeness (QED) is 0.160. The van der Waals surface area contributed by atoms with Crippen LogP contribution in [0.4, 0.5) is 55.2 Å². The normalized spacial score (nSPS) is 15.4. The molecule has 0 spiro atoms. The second-order valence-corrected chi connectivity index (χ2v) is 11.6. The molecule has 1 fully saturated rings. The van der Waals surface area contributed by atoms with E-state index in [1.165, 1.54) is 12.5 Å². The maximum absolute atomic E-state index is 13.1. The fraction of sp³-hybridized carbons (Fsp3) is 0.300. The number of aromatic amines is 1. The van der Waals surface area contributed by atoms with Crippen LogP contribution in [0.25, 0.3) is 0 Å². The van der Waals surface area contributed by atoms with E-state index in [4.69, 9.17) is 11.6 Å². The van der Waals surface area contributed by atoms with Gasteiger partial charge in [0.05, 0.1) is 18.1 Å². The van der Waals surface area contributed by atoms with E-state index in [0.29, 0.717) is 42.7 Å². The number of carbonyl (C=O) groups excluding carboxylic acids is 4. The molecule has 2 aliphatic rings. The van der Waals surface area contributed by atoms with Crippen molar-refractivity contribution in [2.24, 2.45) is 5.92 Å². The molecule has 51 heavy (non-hydrogen) atoms. The second kappa shape index (κ2) is 15.1. The van der Waals surface area contributed by atoms with Gasteiger partial charge in [0.2, 0.25) is 17.7 Å². The summed E-state index contributed by atoms with van der Waals surface area (Å²) in [5.41, 5.74) is 4.30. The number of aryl methyl sites for hydroxylation is 2. The van der Waals surface area contributed by atoms with Gasteiger partial charge in [-0.3, -0.25) is 29.3 Å². The van der Waals surface area contributed by atoms with Crippen molar-refractivity contribution in [2.75, 3.05) is 29.0 Å². The first kappa shape index (κ1) is 36.6. The Morgan fingerprint density at radius 3 is 2.35 bits per heavy atom. The summed E-state index contributed by atoms with van der Waals surface area (Å²) in [4.78, 5) is 63.6. The van der Waals surface area contributed by atoms with E-state index in [1.54, 1.807) is 11.1 Å². The van der Waals surface area contributed by atoms with E-state index in [1.807, 2.05) is 30.5 Å². The van der Waals surface area contributed by atoms with Gasteiger partial charge < -0.3 is 20.9 Å². The molecule has 0 saturated carbocycles. The van der Waals surface area contributed by atoms with Crippen molar-refractivity contribution >= 4 is 63.8 Å². The number of hydrogen-bond acceptors (Lipinski definition) is 11. The largest absolute Gasteiger partial charge is 0.458 e. The Morgan fingerprint density at radius 2 is 1.67 bits per heavy atom. The van der Waals surface area contributed by atoms with Crippen LogP contribution in [-0.2, 0) is 27.2 Å². The number of Topliss-reactive ketones (excluding diaryl/α,β-unsaturated/α-hetero) is 2. The number of halogens is 7. The van der Waals surface area contributed by atoms with Crippen molar-refractivity contribution in [3.05, 3.63) is 71.2 Å². The average Bonchev–Trinajstić information content (AvgIpc) is 3.78. The van der Waals surface area contributed by atoms with Crippen molar-refractivity contribution in [3.63, 3.8) is 0 Å². The van der Waals surface area contributed by atoms with Gasteiger partial charge in [0.15, 0.2) is 5.82 Å². The monoisotopic (exact) mass is 738 g/mol. The zero-order valence-electron chi connectivity index (χ0n) is 25.9. The highest BCUT2D eigenvalue weighted by atomic mass is 35.5. The van der Waals surface area contributed by atoms with Gasteiger partial charge in [-0.2, -0.15) is 36.4 Å². The van der Waals surface area contributed by atoms with Crippen molar-refractivity contribution < 1.29 is 45.5 Å². The standard InChI is InChI=1S/C26H25ClN10O2.C4F6O2/c27-20-12-29-26-33-19-7-15(10-28-11-19)1-2-17-9-18(32-23(20)35-26)3-4-21(17)34-22(38)8-16-5-6-37(13-16)25(39)24-30-14-31-36-24;5-3(6,7)1(11)2(12)4(8,9)10/h3-4,7,9-12,14,16H,1-2,5-6,8,13H2,(H,34,38)(H,30,31,36)(H2,29,32,33,35);/t16-;/m1./s1. The van der Waals surface area contributed by atoms with Crippen LogP contribution in [0.3, 0.4) is 0 Å². The molecule has 268 valence electrons. The van der Waals surface area contributed by atoms with Crippen molar-refractivity contribution in [1.82, 2.24) is 35.0 Å². The fourth-order valence-electron chi connectivity index (χ4n) is 5.12. The van der Waals surface area contributed by atoms with Gasteiger partial charge >= 0.3 is 23.9 Å². The Balaban J connectivity index is 0.000000362. The molecule has 0 unspecified atom stereocenters. The summed E-state index contributed by atoms with van der Waals surface area (Å²) >= 11 is 6.36. The lowest BCUT2D eigenvalue weighted by molar-refractivity contribution is -0.193. The highest BCUT2D eigenvalue weighted by molar-refractivity contribution is 6.41. The van der Waals surface area contributed by atoms with Crippen LogP contribution in [0, 0.1) is 5.92 Å². The third kappa shape index (κ3) is 9.53. The van der Waals surface area contributed by atoms with Crippen LogP contribution in [0.1, 0.15) is 34.6 Å². The van der Waals surface area contributed by atoms with Crippen LogP contribution < -0.4 is 16.0 Å². The van der Waals surface area contributed by atoms with Gasteiger partial charge in [-0.25, -0.2) is 9.97 Å². The van der Waals surface area contributed by atoms with E-state index in [-0.39, 0.29) is 23.6 Å². The van der Waals surface area contributed by atoms with Gasteiger partial charge in [-0.05, 0) is 60.6 Å². The van der Waals surface area contributed by atoms with Crippen molar-refractivity contribution in [3.8, 4) is 0 Å². The maximum atomic E-state index is 13.1. The van der Waals surface area contributed by atoms with Crippen LogP contribution in [-0.4, -0.2) is 83.9 Å². The Hall–Kier alpha value is -5.66. The predicted molar refractivity (Wildman–Crippen MR) is 167 cm³/mol. The number of amides is 2. The van der Waals surface area contributed by atoms with E-state index < -0.39 is 23.9 Å². The van der Waals surface area contributed by atoms with Gasteiger partial charge in [-0.1, -0.05) is 11.6 Å². The minimum Gasteiger partial charge on any atom is -0.339 e. The molecule has 5 heterocycles. The zero-order valence-corrected chi connectivity index (χ0v) is 26.7. The van der Waals surface area contributed by atoms with Gasteiger partial charge in [0.25, 0.3) is 5.91 Å². The zero-order chi connectivity index (χ0) is 36.9. The molecular formula is C30H25ClF6N10O4. The van der Waals surface area contributed by atoms with Gasteiger partial charge in [0, 0.05) is 37.1 Å². The molecule has 1 atom stereocenters. The lowest BCUT2D eigenvalue weighted by atomic mass is 10.0. The highest BCUT2D eigenvalue weighted by Gasteiger charge is 2.54. The number of aromatic nitrogens is 6. The van der Waals surface area contributed by atoms with E-state index in [2.05, 4.69) is 46.1 Å². The van der Waals surface area contributed by atoms with Crippen LogP contribution in [0.15, 0.2) is 49.2 Å². The Labute approximate surface area is 288 Å². The molecular weight excluding hydrogens is 714 g/mol. The summed E-state index contributed by atoms with van der Waals surface area (Å²) in [7, 11) is 0. The number of H-pyrrole nitrogens is 1. The smallest absolute Gasteiger partial charge is 0.339 e. The summed E-state index contributed by atoms with van der Waals surface area (Å²) in [6.07, 6.45) is -2.70. The molecule has 6 bridgehead atoms. The lowest BCUT2D eigenvalue weighted by Gasteiger charge is -2.16. The average molecular weight is 739 g/mol. The maximum Gasteiger partial charge on any atom is 0.458 e. The summed E-state index contributed by atoms with van der Waals surface area (Å²) < 4.78 is 67.0. The van der Waals surface area contributed by atoms with Gasteiger partial charge in [-0.15, -0.1) is 0 Å². The van der Waals surface area contributed by atoms with Gasteiger partial charge in [0.1, 0.15) is 11.3 Å². The molecule has 2 aliphatic heterocycles. The Morgan fingerprint density at radius 1 is 0.922 bits per heavy atom. The number of nitrogens with one attached hydrogen (secondary N) is 4. The SMILES string of the molecule is O=C(C(=O)C(F)(F)F)C(F)(F)F.O=C(C[C@H]1CCN(C(=O)c2ncn[nH]2)C1)Nc1ccc2cc1CCc1cncc(c1)Nc1ncc(Cl)c(n1)N2. The fourth-order valence-corrected chi connectivity index (χ4v) is 5.25. The third-order valence-corrected chi connectivity index (χ3v) is 7.78. The third-order valence-electron chi connectivity index (χ3n) is 7.51. The van der Waals surface area contributed by atoms with Crippen LogP contribution in [0.5, 0.6) is 0 Å². The van der Waals surface area contributed by atoms with E-state index >= 15 is 0 Å². The number of carbonyl (C=O) groups is 4. The number of alkyl halides is 6. The molecule has 21 heteroatoms. The molecule has 4 aromatic rings. The molecule has 0 aliphatic carbocycles. The number of likely N-dealkylation sites (tertiary alicyclic amines) is 1. The first-order valence-electron chi connectivity index (χ1n) is 14.9. The topological polar surface area (TPSA) is 188 Å². The van der Waals surface area contributed by atoms with Crippen LogP contribution >= 0.6 is 11.6 Å². The molecule has 1 aromatic carbocycles. The minimum atomic E-state index is -5.77. The number of pyridine rings is 1. The van der Waals surface area contributed by atoms with E-state index in [0.717, 1.165) is 41.0 Å². The molecule has 6 rings (SSSR count). The molecule has 4 N–H and O–H groups in total. The first-order valence-corrected chi connectivity index (χ1v) is 15.2. The lowest BCUT2D eigenvalue weighted by Crippen LogP contribution is -2.39. The summed E-state index contributed by atoms with van der Waals surface area (Å²) in [6, 6.07) is 7.75. The number of benzene rings is 1. The number of anilines is 5. The summed E-state index contributed by atoms with van der Waals surface area (Å²) in [5, 5.41) is 16.3. The number of rotatable bonds is 5. The number of ketones is 2. The molecule has 2 amide bonds. The van der Waals surface area contributed by atoms with Crippen molar-refractivity contribution in [1.29, 1.82) is 0 Å². The van der Waals surface area contributed by atoms with Crippen molar-refractivity contribution in [2.45, 2.75) is 38.0 Å².